The van der Waals surface area contributed by atoms with E-state index < -0.39 is 19.7 Å². The van der Waals surface area contributed by atoms with Gasteiger partial charge in [-0.1, -0.05) is 170 Å². The van der Waals surface area contributed by atoms with Crippen LogP contribution in [-0.4, -0.2) is 16.8 Å². The SMILES string of the molecule is O=S1(=O)c2ccc(cc2)/C(c2ccccc2)=C(/c2ccccc2)c2ccc(cc2)S(=O)(=O)c2ccc(cc2)/C(c2ccccc2)=C(/c2ccccc2)c2ccc1cc2. The normalized spacial score (nSPS) is 17.1. The molecule has 0 atom stereocenters. The van der Waals surface area contributed by atoms with Crippen molar-refractivity contribution in [2.75, 3.05) is 0 Å². The molecule has 0 aromatic heterocycles. The Bertz CT molecular complexity index is 2620. The summed E-state index contributed by atoms with van der Waals surface area (Å²) in [6.07, 6.45) is 0. The molecule has 4 nitrogen and oxygen atoms in total. The highest BCUT2D eigenvalue weighted by Crippen LogP contribution is 2.40. The predicted molar refractivity (Wildman–Crippen MR) is 232 cm³/mol. The molecule has 0 amide bonds. The summed E-state index contributed by atoms with van der Waals surface area (Å²) in [4.78, 5) is 0.716. The Morgan fingerprint density at radius 3 is 0.517 bits per heavy atom. The molecule has 0 unspecified atom stereocenters. The van der Waals surface area contributed by atoms with Crippen molar-refractivity contribution in [1.29, 1.82) is 0 Å². The van der Waals surface area contributed by atoms with E-state index in [2.05, 4.69) is 0 Å². The van der Waals surface area contributed by atoms with Gasteiger partial charge in [0.2, 0.25) is 19.7 Å². The van der Waals surface area contributed by atoms with Crippen LogP contribution in [0.15, 0.2) is 238 Å². The number of benzene rings is 8. The van der Waals surface area contributed by atoms with E-state index >= 15 is 0 Å². The Hall–Kier alpha value is -6.86. The van der Waals surface area contributed by atoms with Crippen molar-refractivity contribution >= 4 is 42.0 Å². The van der Waals surface area contributed by atoms with E-state index in [1.165, 1.54) is 0 Å². The van der Waals surface area contributed by atoms with Crippen molar-refractivity contribution in [3.05, 3.63) is 263 Å². The molecule has 0 fully saturated rings. The lowest BCUT2D eigenvalue weighted by molar-refractivity contribution is 0.594. The van der Waals surface area contributed by atoms with Gasteiger partial charge in [-0.15, -0.1) is 0 Å². The van der Waals surface area contributed by atoms with Gasteiger partial charge in [-0.25, -0.2) is 16.8 Å². The van der Waals surface area contributed by atoms with Crippen molar-refractivity contribution in [3.63, 3.8) is 0 Å². The number of hydrogen-bond donors (Lipinski definition) is 0. The Labute approximate surface area is 339 Å². The quantitative estimate of drug-likeness (QED) is 0.178. The molecule has 8 aromatic carbocycles. The number of rotatable bonds is 4. The molecule has 0 saturated carbocycles. The van der Waals surface area contributed by atoms with Crippen LogP contribution in [0, 0.1) is 0 Å². The van der Waals surface area contributed by atoms with Crippen LogP contribution in [0.3, 0.4) is 0 Å². The summed E-state index contributed by atoms with van der Waals surface area (Å²) >= 11 is 0. The summed E-state index contributed by atoms with van der Waals surface area (Å²) in [6, 6.07) is 67.9. The maximum atomic E-state index is 14.3. The largest absolute Gasteiger partial charge is 0.219 e. The molecule has 7 aliphatic rings. The van der Waals surface area contributed by atoms with Crippen molar-refractivity contribution in [3.8, 4) is 0 Å². The summed E-state index contributed by atoms with van der Waals surface area (Å²) < 4.78 is 57.2. The lowest BCUT2D eigenvalue weighted by Gasteiger charge is -2.20. The lowest BCUT2D eigenvalue weighted by atomic mass is 9.86. The maximum Gasteiger partial charge on any atom is 0.206 e. The van der Waals surface area contributed by atoms with Crippen molar-refractivity contribution in [1.82, 2.24) is 0 Å². The Balaban J connectivity index is 1.33. The molecular formula is C52H36O4S2. The van der Waals surface area contributed by atoms with E-state index in [4.69, 9.17) is 0 Å². The minimum absolute atomic E-state index is 0.179. The highest BCUT2D eigenvalue weighted by Gasteiger charge is 2.24. The third-order valence-corrected chi connectivity index (χ3v) is 14.1. The zero-order valence-corrected chi connectivity index (χ0v) is 32.9. The summed E-state index contributed by atoms with van der Waals surface area (Å²) in [5.74, 6) is 0. The van der Waals surface area contributed by atoms with Crippen LogP contribution in [-0.2, 0) is 19.7 Å². The van der Waals surface area contributed by atoms with Gasteiger partial charge in [0.15, 0.2) is 0 Å². The molecule has 8 aromatic rings. The van der Waals surface area contributed by atoms with Gasteiger partial charge in [-0.2, -0.15) is 0 Å². The van der Waals surface area contributed by atoms with Crippen molar-refractivity contribution < 1.29 is 16.8 Å². The highest BCUT2D eigenvalue weighted by atomic mass is 32.2. The Morgan fingerprint density at radius 1 is 0.190 bits per heavy atom. The minimum Gasteiger partial charge on any atom is -0.219 e. The van der Waals surface area contributed by atoms with Gasteiger partial charge in [0.25, 0.3) is 0 Å². The zero-order chi connectivity index (χ0) is 39.7. The molecule has 58 heavy (non-hydrogen) atoms. The third-order valence-electron chi connectivity index (χ3n) is 10.6. The maximum absolute atomic E-state index is 14.3. The average Bonchev–Trinajstić information content (AvgIpc) is 3.28. The van der Waals surface area contributed by atoms with Gasteiger partial charge >= 0.3 is 0 Å². The summed E-state index contributed by atoms with van der Waals surface area (Å²) in [6.45, 7) is 0. The molecule has 6 heteroatoms. The van der Waals surface area contributed by atoms with Crippen LogP contribution in [0.5, 0.6) is 0 Å². The van der Waals surface area contributed by atoms with E-state index in [1.54, 1.807) is 48.5 Å². The molecule has 0 saturated heterocycles. The fraction of sp³-hybridized carbons (Fsp3) is 0. The third kappa shape index (κ3) is 6.83. The van der Waals surface area contributed by atoms with E-state index in [0.29, 0.717) is 0 Å². The van der Waals surface area contributed by atoms with Crippen LogP contribution >= 0.6 is 0 Å². The van der Waals surface area contributed by atoms with Gasteiger partial charge in [-0.3, -0.25) is 0 Å². The van der Waals surface area contributed by atoms with E-state index in [0.717, 1.165) is 66.8 Å². The van der Waals surface area contributed by atoms with E-state index in [1.807, 2.05) is 170 Å². The smallest absolute Gasteiger partial charge is 0.206 e. The standard InChI is InChI=1S/C52H36O4S2/c53-57(54)45-29-21-41(22-30-45)49(37-13-5-1-6-14-37)50(38-15-7-2-8-16-38)42-23-31-46(32-24-42)58(55,56)48-35-27-44(28-36-48)52(40-19-11-4-12-20-40)51(39-17-9-3-10-18-39)43-25-33-47(57)34-26-43/h1-36H/b50-49-,52-51-. The Kier molecular flexibility index (Phi) is 9.66. The molecule has 0 radical (unpaired) electrons. The fourth-order valence-corrected chi connectivity index (χ4v) is 10.2. The number of sulfone groups is 2. The lowest BCUT2D eigenvalue weighted by Crippen LogP contribution is -2.05. The monoisotopic (exact) mass is 788 g/mol. The first kappa shape index (κ1) is 36.8. The van der Waals surface area contributed by atoms with Gasteiger partial charge in [0, 0.05) is 0 Å². The first-order valence-corrected chi connectivity index (χ1v) is 21.9. The molecule has 0 N–H and O–H groups in total. The predicted octanol–water partition coefficient (Wildman–Crippen LogP) is 11.7. The first-order valence-electron chi connectivity index (χ1n) is 18.9. The van der Waals surface area contributed by atoms with Gasteiger partial charge in [0.05, 0.1) is 19.6 Å². The second kappa shape index (κ2) is 15.2. The van der Waals surface area contributed by atoms with Gasteiger partial charge < -0.3 is 0 Å². The molecule has 7 heterocycles. The minimum atomic E-state index is -3.90. The van der Waals surface area contributed by atoms with Gasteiger partial charge in [-0.05, 0) is 115 Å². The summed E-state index contributed by atoms with van der Waals surface area (Å²) in [7, 11) is -7.80. The van der Waals surface area contributed by atoms with E-state index in [-0.39, 0.29) is 19.6 Å². The topological polar surface area (TPSA) is 68.3 Å². The second-order valence-electron chi connectivity index (χ2n) is 14.1. The Morgan fingerprint density at radius 2 is 0.345 bits per heavy atom. The molecule has 0 aliphatic carbocycles. The van der Waals surface area contributed by atoms with Crippen LogP contribution in [0.2, 0.25) is 0 Å². The summed E-state index contributed by atoms with van der Waals surface area (Å²) in [5, 5.41) is 0. The fourth-order valence-electron chi connectivity index (χ4n) is 7.72. The van der Waals surface area contributed by atoms with Crippen molar-refractivity contribution in [2.45, 2.75) is 19.6 Å². The average molecular weight is 789 g/mol. The first-order chi connectivity index (χ1) is 28.3. The van der Waals surface area contributed by atoms with E-state index in [9.17, 15) is 16.8 Å². The molecule has 0 spiro atoms. The molecule has 8 bridgehead atoms. The number of hydrogen-bond acceptors (Lipinski definition) is 4. The van der Waals surface area contributed by atoms with Gasteiger partial charge in [0.1, 0.15) is 0 Å². The van der Waals surface area contributed by atoms with Crippen LogP contribution < -0.4 is 0 Å². The summed E-state index contributed by atoms with van der Waals surface area (Å²) in [5.41, 5.74) is 10.5. The molecule has 15 rings (SSSR count). The van der Waals surface area contributed by atoms with Crippen LogP contribution in [0.25, 0.3) is 22.3 Å². The highest BCUT2D eigenvalue weighted by molar-refractivity contribution is 7.91. The zero-order valence-electron chi connectivity index (χ0n) is 31.2. The molecule has 280 valence electrons. The van der Waals surface area contributed by atoms with Crippen LogP contribution in [0.1, 0.15) is 44.5 Å². The molecule has 7 aliphatic heterocycles. The van der Waals surface area contributed by atoms with Crippen molar-refractivity contribution in [2.24, 2.45) is 0 Å². The van der Waals surface area contributed by atoms with Crippen LogP contribution in [0.4, 0.5) is 0 Å². The second-order valence-corrected chi connectivity index (χ2v) is 18.0. The molecular weight excluding hydrogens is 753 g/mol.